The Labute approximate surface area is 123 Å². The molecule has 3 nitrogen and oxygen atoms in total. The van der Waals surface area contributed by atoms with Crippen molar-refractivity contribution < 1.29 is 22.4 Å². The maximum absolute atomic E-state index is 13.2. The number of pyridine rings is 1. The number of anilines is 1. The van der Waals surface area contributed by atoms with Gasteiger partial charge in [-0.15, -0.1) is 0 Å². The van der Waals surface area contributed by atoms with Gasteiger partial charge in [0.1, 0.15) is 11.6 Å². The molecule has 0 spiro atoms. The van der Waals surface area contributed by atoms with Crippen LogP contribution in [0.1, 0.15) is 27.2 Å². The van der Waals surface area contributed by atoms with Crippen molar-refractivity contribution in [2.45, 2.75) is 19.6 Å². The third-order valence-corrected chi connectivity index (χ3v) is 3.42. The molecule has 0 atom stereocenters. The third-order valence-electron chi connectivity index (χ3n) is 3.42. The highest BCUT2D eigenvalue weighted by atomic mass is 19.4. The summed E-state index contributed by atoms with van der Waals surface area (Å²) >= 11 is 0. The van der Waals surface area contributed by atoms with Crippen molar-refractivity contribution in [3.05, 3.63) is 58.5 Å². The minimum absolute atomic E-state index is 0.0716. The first-order valence-corrected chi connectivity index (χ1v) is 6.42. The highest BCUT2D eigenvalue weighted by Crippen LogP contribution is 2.34. The number of fused-ring (bicyclic) bond motifs is 1. The Morgan fingerprint density at radius 3 is 2.59 bits per heavy atom. The first kappa shape index (κ1) is 14.5. The van der Waals surface area contributed by atoms with Gasteiger partial charge in [-0.25, -0.2) is 9.37 Å². The van der Waals surface area contributed by atoms with Gasteiger partial charge in [-0.05, 0) is 36.8 Å². The standard InChI is InChI=1S/C15H10F4N2O/c1-8-4-10(15(17,18)19)5-13(20-8)21-7-9-2-3-11(16)6-12(9)14(21)22/h2-6H,7H2,1H3. The normalized spacial score (nSPS) is 14.4. The molecule has 0 saturated heterocycles. The van der Waals surface area contributed by atoms with Crippen LogP contribution in [0.2, 0.25) is 0 Å². The van der Waals surface area contributed by atoms with Gasteiger partial charge in [-0.3, -0.25) is 9.69 Å². The monoisotopic (exact) mass is 310 g/mol. The lowest BCUT2D eigenvalue weighted by atomic mass is 10.1. The van der Waals surface area contributed by atoms with E-state index in [1.165, 1.54) is 19.1 Å². The Morgan fingerprint density at radius 1 is 1.18 bits per heavy atom. The molecule has 0 unspecified atom stereocenters. The van der Waals surface area contributed by atoms with E-state index in [4.69, 9.17) is 0 Å². The van der Waals surface area contributed by atoms with Crippen molar-refractivity contribution in [3.8, 4) is 0 Å². The molecule has 1 aliphatic rings. The largest absolute Gasteiger partial charge is 0.416 e. The van der Waals surface area contributed by atoms with Gasteiger partial charge >= 0.3 is 6.18 Å². The van der Waals surface area contributed by atoms with Crippen molar-refractivity contribution in [2.24, 2.45) is 0 Å². The number of nitrogens with zero attached hydrogens (tertiary/aromatic N) is 2. The van der Waals surface area contributed by atoms with Crippen molar-refractivity contribution in [3.63, 3.8) is 0 Å². The SMILES string of the molecule is Cc1cc(C(F)(F)F)cc(N2Cc3ccc(F)cc3C2=O)n1. The van der Waals surface area contributed by atoms with Gasteiger partial charge in [0.25, 0.3) is 5.91 Å². The molecule has 0 saturated carbocycles. The number of amides is 1. The van der Waals surface area contributed by atoms with Gasteiger partial charge < -0.3 is 0 Å². The van der Waals surface area contributed by atoms with Crippen LogP contribution >= 0.6 is 0 Å². The molecule has 3 rings (SSSR count). The van der Waals surface area contributed by atoms with E-state index < -0.39 is 23.5 Å². The summed E-state index contributed by atoms with van der Waals surface area (Å²) in [4.78, 5) is 17.4. The van der Waals surface area contributed by atoms with E-state index in [1.54, 1.807) is 0 Å². The van der Waals surface area contributed by atoms with Gasteiger partial charge in [0.2, 0.25) is 0 Å². The summed E-state index contributed by atoms with van der Waals surface area (Å²) < 4.78 is 51.8. The van der Waals surface area contributed by atoms with Crippen LogP contribution in [0.4, 0.5) is 23.4 Å². The topological polar surface area (TPSA) is 33.2 Å². The van der Waals surface area contributed by atoms with Crippen LogP contribution in [0.25, 0.3) is 0 Å². The van der Waals surface area contributed by atoms with Crippen LogP contribution in [-0.4, -0.2) is 10.9 Å². The number of carbonyl (C=O) groups excluding carboxylic acids is 1. The number of alkyl halides is 3. The van der Waals surface area contributed by atoms with Gasteiger partial charge in [0.05, 0.1) is 12.1 Å². The molecule has 7 heteroatoms. The molecule has 114 valence electrons. The van der Waals surface area contributed by atoms with Gasteiger partial charge in [0.15, 0.2) is 0 Å². The smallest absolute Gasteiger partial charge is 0.288 e. The fraction of sp³-hybridized carbons (Fsp3) is 0.200. The van der Waals surface area contributed by atoms with E-state index in [1.807, 2.05) is 0 Å². The molecule has 2 heterocycles. The first-order valence-electron chi connectivity index (χ1n) is 6.42. The summed E-state index contributed by atoms with van der Waals surface area (Å²) in [6, 6.07) is 5.48. The third kappa shape index (κ3) is 2.43. The lowest BCUT2D eigenvalue weighted by Gasteiger charge is -2.17. The molecule has 0 fully saturated rings. The maximum atomic E-state index is 13.2. The minimum Gasteiger partial charge on any atom is -0.288 e. The summed E-state index contributed by atoms with van der Waals surface area (Å²) in [6.45, 7) is 1.49. The highest BCUT2D eigenvalue weighted by molar-refractivity contribution is 6.09. The molecule has 1 aromatic heterocycles. The first-order chi connectivity index (χ1) is 10.3. The molecule has 1 amide bonds. The molecular formula is C15H10F4N2O. The van der Waals surface area contributed by atoms with E-state index in [0.29, 0.717) is 5.56 Å². The van der Waals surface area contributed by atoms with Crippen molar-refractivity contribution in [1.82, 2.24) is 4.98 Å². The summed E-state index contributed by atoms with van der Waals surface area (Å²) in [5.41, 5.74) is -0.00942. The molecule has 1 aliphatic heterocycles. The fourth-order valence-electron chi connectivity index (χ4n) is 2.41. The second-order valence-electron chi connectivity index (χ2n) is 5.05. The van der Waals surface area contributed by atoms with E-state index in [0.717, 1.165) is 23.1 Å². The molecule has 0 radical (unpaired) electrons. The van der Waals surface area contributed by atoms with Crippen LogP contribution < -0.4 is 4.90 Å². The number of hydrogen-bond acceptors (Lipinski definition) is 2. The van der Waals surface area contributed by atoms with Gasteiger partial charge in [-0.2, -0.15) is 13.2 Å². The zero-order valence-corrected chi connectivity index (χ0v) is 11.4. The maximum Gasteiger partial charge on any atom is 0.416 e. The van der Waals surface area contributed by atoms with Crippen molar-refractivity contribution in [1.29, 1.82) is 0 Å². The highest BCUT2D eigenvalue weighted by Gasteiger charge is 2.34. The molecule has 0 N–H and O–H groups in total. The predicted octanol–water partition coefficient (Wildman–Crippen LogP) is 3.71. The number of halogens is 4. The summed E-state index contributed by atoms with van der Waals surface area (Å²) in [5.74, 6) is -1.21. The van der Waals surface area contributed by atoms with E-state index in [-0.39, 0.29) is 23.6 Å². The Hall–Kier alpha value is -2.44. The number of benzene rings is 1. The van der Waals surface area contributed by atoms with Crippen LogP contribution in [0, 0.1) is 12.7 Å². The lowest BCUT2D eigenvalue weighted by Crippen LogP contribution is -2.25. The zero-order valence-electron chi connectivity index (χ0n) is 11.4. The van der Waals surface area contributed by atoms with E-state index in [2.05, 4.69) is 4.98 Å². The minimum atomic E-state index is -4.52. The molecule has 0 aliphatic carbocycles. The number of aryl methyl sites for hydroxylation is 1. The molecule has 2 aromatic rings. The Morgan fingerprint density at radius 2 is 1.91 bits per heavy atom. The zero-order chi connectivity index (χ0) is 16.1. The summed E-state index contributed by atoms with van der Waals surface area (Å²) in [6.07, 6.45) is -4.52. The number of aromatic nitrogens is 1. The predicted molar refractivity (Wildman–Crippen MR) is 70.9 cm³/mol. The van der Waals surface area contributed by atoms with Crippen LogP contribution in [0.15, 0.2) is 30.3 Å². The van der Waals surface area contributed by atoms with Crippen molar-refractivity contribution in [2.75, 3.05) is 4.90 Å². The Kier molecular flexibility index (Phi) is 3.16. The summed E-state index contributed by atoms with van der Waals surface area (Å²) in [7, 11) is 0. The van der Waals surface area contributed by atoms with Gasteiger partial charge in [0, 0.05) is 11.3 Å². The van der Waals surface area contributed by atoms with E-state index >= 15 is 0 Å². The van der Waals surface area contributed by atoms with E-state index in [9.17, 15) is 22.4 Å². The lowest BCUT2D eigenvalue weighted by molar-refractivity contribution is -0.137. The number of carbonyl (C=O) groups is 1. The second kappa shape index (κ2) is 4.79. The quantitative estimate of drug-likeness (QED) is 0.752. The average Bonchev–Trinajstić information content (AvgIpc) is 2.74. The fourth-order valence-corrected chi connectivity index (χ4v) is 2.41. The molecule has 0 bridgehead atoms. The summed E-state index contributed by atoms with van der Waals surface area (Å²) in [5, 5.41) is 0. The molecule has 22 heavy (non-hydrogen) atoms. The average molecular weight is 310 g/mol. The van der Waals surface area contributed by atoms with Crippen molar-refractivity contribution >= 4 is 11.7 Å². The van der Waals surface area contributed by atoms with Gasteiger partial charge in [-0.1, -0.05) is 6.07 Å². The Bertz CT molecular complexity index is 771. The molecule has 1 aromatic carbocycles. The Balaban J connectivity index is 2.03. The number of hydrogen-bond donors (Lipinski definition) is 0. The van der Waals surface area contributed by atoms with Crippen LogP contribution in [0.5, 0.6) is 0 Å². The van der Waals surface area contributed by atoms with Crippen LogP contribution in [0.3, 0.4) is 0 Å². The molecular weight excluding hydrogens is 300 g/mol. The second-order valence-corrected chi connectivity index (χ2v) is 5.05. The number of rotatable bonds is 1. The van der Waals surface area contributed by atoms with Crippen LogP contribution in [-0.2, 0) is 12.7 Å².